The van der Waals surface area contributed by atoms with Crippen molar-refractivity contribution in [3.63, 3.8) is 0 Å². The molecule has 1 aliphatic rings. The van der Waals surface area contributed by atoms with Crippen LogP contribution in [0.4, 0.5) is 5.82 Å². The number of aryl methyl sites for hydroxylation is 2. The third kappa shape index (κ3) is 3.64. The number of carbonyl (C=O) groups excluding carboxylic acids is 2. The summed E-state index contributed by atoms with van der Waals surface area (Å²) in [6, 6.07) is 10.6. The second-order valence-corrected chi connectivity index (χ2v) is 7.73. The quantitative estimate of drug-likeness (QED) is 0.332. The van der Waals surface area contributed by atoms with Gasteiger partial charge in [-0.25, -0.2) is 0 Å². The molecule has 1 fully saturated rings. The molecular weight excluding hydrogens is 440 g/mol. The second kappa shape index (κ2) is 8.93. The van der Waals surface area contributed by atoms with E-state index in [0.717, 1.165) is 5.56 Å². The molecule has 9 heteroatoms. The van der Waals surface area contributed by atoms with Gasteiger partial charge in [0.15, 0.2) is 17.3 Å². The zero-order valence-electron chi connectivity index (χ0n) is 19.4. The Morgan fingerprint density at radius 1 is 1.00 bits per heavy atom. The predicted molar refractivity (Wildman–Crippen MR) is 123 cm³/mol. The van der Waals surface area contributed by atoms with Crippen molar-refractivity contribution in [2.75, 3.05) is 26.2 Å². The molecule has 0 aliphatic carbocycles. The number of methoxy groups -OCH3 is 3. The van der Waals surface area contributed by atoms with Crippen molar-refractivity contribution in [3.8, 4) is 17.2 Å². The summed E-state index contributed by atoms with van der Waals surface area (Å²) in [6.45, 7) is 3.49. The lowest BCUT2D eigenvalue weighted by Gasteiger charge is -2.25. The van der Waals surface area contributed by atoms with Crippen LogP contribution in [0.25, 0.3) is 5.76 Å². The molecule has 2 heterocycles. The zero-order valence-corrected chi connectivity index (χ0v) is 19.4. The molecule has 1 atom stereocenters. The van der Waals surface area contributed by atoms with Crippen molar-refractivity contribution in [2.24, 2.45) is 0 Å². The van der Waals surface area contributed by atoms with E-state index in [1.807, 2.05) is 6.92 Å². The molecule has 1 amide bonds. The number of benzene rings is 2. The summed E-state index contributed by atoms with van der Waals surface area (Å²) in [5.74, 6) is -0.0983. The van der Waals surface area contributed by atoms with E-state index in [0.29, 0.717) is 34.1 Å². The van der Waals surface area contributed by atoms with Crippen LogP contribution in [0.5, 0.6) is 17.2 Å². The molecule has 4 rings (SSSR count). The molecular formula is C25H24N2O7. The molecule has 0 spiro atoms. The largest absolute Gasteiger partial charge is 0.507 e. The number of ether oxygens (including phenoxy) is 3. The summed E-state index contributed by atoms with van der Waals surface area (Å²) in [6.07, 6.45) is 0. The average molecular weight is 464 g/mol. The number of aromatic nitrogens is 1. The van der Waals surface area contributed by atoms with Gasteiger partial charge in [0, 0.05) is 17.2 Å². The fourth-order valence-corrected chi connectivity index (χ4v) is 4.14. The number of anilines is 1. The number of rotatable bonds is 6. The van der Waals surface area contributed by atoms with Crippen LogP contribution in [0, 0.1) is 13.8 Å². The van der Waals surface area contributed by atoms with Crippen molar-refractivity contribution in [2.45, 2.75) is 19.9 Å². The molecule has 3 aromatic rings. The van der Waals surface area contributed by atoms with E-state index >= 15 is 0 Å². The van der Waals surface area contributed by atoms with Crippen LogP contribution in [-0.4, -0.2) is 43.3 Å². The van der Waals surface area contributed by atoms with Crippen LogP contribution < -0.4 is 19.1 Å². The van der Waals surface area contributed by atoms with Crippen LogP contribution in [0.1, 0.15) is 28.5 Å². The monoisotopic (exact) mass is 464 g/mol. The maximum atomic E-state index is 13.3. The predicted octanol–water partition coefficient (Wildman–Crippen LogP) is 3.94. The highest BCUT2D eigenvalue weighted by Crippen LogP contribution is 2.47. The Morgan fingerprint density at radius 2 is 1.74 bits per heavy atom. The number of aliphatic hydroxyl groups excluding tert-OH is 1. The van der Waals surface area contributed by atoms with Gasteiger partial charge in [0.1, 0.15) is 23.3 Å². The summed E-state index contributed by atoms with van der Waals surface area (Å²) in [5.41, 5.74) is 1.44. The minimum Gasteiger partial charge on any atom is -0.507 e. The third-order valence-corrected chi connectivity index (χ3v) is 5.70. The van der Waals surface area contributed by atoms with Gasteiger partial charge in [0.2, 0.25) is 0 Å². The van der Waals surface area contributed by atoms with Gasteiger partial charge in [-0.05, 0) is 43.7 Å². The number of para-hydroxylation sites is 1. The van der Waals surface area contributed by atoms with Crippen LogP contribution in [0.3, 0.4) is 0 Å². The van der Waals surface area contributed by atoms with Gasteiger partial charge in [-0.2, -0.15) is 0 Å². The lowest BCUT2D eigenvalue weighted by Crippen LogP contribution is -2.30. The second-order valence-electron chi connectivity index (χ2n) is 7.73. The van der Waals surface area contributed by atoms with Gasteiger partial charge in [-0.15, -0.1) is 0 Å². The summed E-state index contributed by atoms with van der Waals surface area (Å²) in [7, 11) is 4.49. The summed E-state index contributed by atoms with van der Waals surface area (Å²) < 4.78 is 21.5. The van der Waals surface area contributed by atoms with Crippen LogP contribution in [0.15, 0.2) is 52.6 Å². The number of ketones is 1. The maximum absolute atomic E-state index is 13.3. The van der Waals surface area contributed by atoms with Gasteiger partial charge in [-0.3, -0.25) is 14.5 Å². The Hall–Kier alpha value is -4.27. The molecule has 34 heavy (non-hydrogen) atoms. The van der Waals surface area contributed by atoms with Crippen molar-refractivity contribution in [1.82, 2.24) is 5.16 Å². The Morgan fingerprint density at radius 3 is 2.32 bits per heavy atom. The Labute approximate surface area is 196 Å². The number of hydrogen-bond donors (Lipinski definition) is 1. The molecule has 1 aromatic heterocycles. The first-order chi connectivity index (χ1) is 16.3. The van der Waals surface area contributed by atoms with Crippen molar-refractivity contribution < 1.29 is 33.4 Å². The summed E-state index contributed by atoms with van der Waals surface area (Å²) in [4.78, 5) is 27.7. The van der Waals surface area contributed by atoms with Crippen LogP contribution in [0.2, 0.25) is 0 Å². The van der Waals surface area contributed by atoms with E-state index in [9.17, 15) is 14.7 Å². The fraction of sp³-hybridized carbons (Fsp3) is 0.240. The van der Waals surface area contributed by atoms with Crippen molar-refractivity contribution >= 4 is 23.3 Å². The number of aliphatic hydroxyl groups is 1. The summed E-state index contributed by atoms with van der Waals surface area (Å²) >= 11 is 0. The number of Topliss-reactive ketones (excluding diaryl/α,β-unsaturated/α-hetero) is 1. The molecule has 0 saturated carbocycles. The smallest absolute Gasteiger partial charge is 0.301 e. The number of carbonyl (C=O) groups is 2. The van der Waals surface area contributed by atoms with E-state index in [2.05, 4.69) is 5.16 Å². The fourth-order valence-electron chi connectivity index (χ4n) is 4.14. The third-order valence-electron chi connectivity index (χ3n) is 5.70. The number of amides is 1. The van der Waals surface area contributed by atoms with Crippen molar-refractivity contribution in [3.05, 3.63) is 70.5 Å². The SMILES string of the molecule is COc1ccc(/C(O)=C2\C(=O)C(=O)N(c3cc(C)on3)[C@H]2c2cccc(OC)c2OC)cc1C. The summed E-state index contributed by atoms with van der Waals surface area (Å²) in [5, 5.41) is 15.3. The lowest BCUT2D eigenvalue weighted by atomic mass is 9.94. The first-order valence-electron chi connectivity index (χ1n) is 10.4. The molecule has 1 aliphatic heterocycles. The Kier molecular flexibility index (Phi) is 6.02. The standard InChI is InChI=1S/C25H24N2O7/c1-13-11-15(9-10-17(13)31-3)22(28)20-21(16-7-6-8-18(32-4)24(16)33-5)27(25(30)23(20)29)19-12-14(2)34-26-19/h6-12,21,28H,1-5H3/b22-20+/t21-/m0/s1. The molecule has 176 valence electrons. The highest BCUT2D eigenvalue weighted by Gasteiger charge is 2.49. The number of hydrogen-bond acceptors (Lipinski definition) is 8. The molecule has 0 unspecified atom stereocenters. The van der Waals surface area contributed by atoms with Gasteiger partial charge in [0.05, 0.1) is 26.9 Å². The molecule has 1 N–H and O–H groups in total. The minimum atomic E-state index is -1.04. The molecule has 0 radical (unpaired) electrons. The van der Waals surface area contributed by atoms with Gasteiger partial charge in [0.25, 0.3) is 5.78 Å². The Balaban J connectivity index is 2.00. The minimum absolute atomic E-state index is 0.109. The molecule has 0 bridgehead atoms. The van der Waals surface area contributed by atoms with E-state index in [-0.39, 0.29) is 17.2 Å². The number of nitrogens with zero attached hydrogens (tertiary/aromatic N) is 2. The van der Waals surface area contributed by atoms with Gasteiger partial charge >= 0.3 is 5.91 Å². The lowest BCUT2D eigenvalue weighted by molar-refractivity contribution is -0.132. The topological polar surface area (TPSA) is 111 Å². The zero-order chi connectivity index (χ0) is 24.6. The van der Waals surface area contributed by atoms with E-state index < -0.39 is 17.7 Å². The van der Waals surface area contributed by atoms with Gasteiger partial charge < -0.3 is 23.8 Å². The van der Waals surface area contributed by atoms with E-state index in [4.69, 9.17) is 18.7 Å². The first kappa shape index (κ1) is 22.9. The maximum Gasteiger partial charge on any atom is 0.301 e. The molecule has 1 saturated heterocycles. The highest BCUT2D eigenvalue weighted by molar-refractivity contribution is 6.51. The van der Waals surface area contributed by atoms with Crippen LogP contribution in [-0.2, 0) is 9.59 Å². The highest BCUT2D eigenvalue weighted by atomic mass is 16.5. The van der Waals surface area contributed by atoms with Gasteiger partial charge in [-0.1, -0.05) is 17.3 Å². The normalized spacial score (nSPS) is 17.2. The van der Waals surface area contributed by atoms with Crippen LogP contribution >= 0.6 is 0 Å². The van der Waals surface area contributed by atoms with E-state index in [1.165, 1.54) is 19.1 Å². The first-order valence-corrected chi connectivity index (χ1v) is 10.4. The molecule has 9 nitrogen and oxygen atoms in total. The van der Waals surface area contributed by atoms with E-state index in [1.54, 1.807) is 56.5 Å². The Bertz CT molecular complexity index is 1310. The molecule has 2 aromatic carbocycles. The van der Waals surface area contributed by atoms with Crippen molar-refractivity contribution in [1.29, 1.82) is 0 Å². The average Bonchev–Trinajstić information content (AvgIpc) is 3.38.